The van der Waals surface area contributed by atoms with Gasteiger partial charge in [0.25, 0.3) is 0 Å². The average Bonchev–Trinajstić information content (AvgIpc) is 2.74. The summed E-state index contributed by atoms with van der Waals surface area (Å²) in [5.41, 5.74) is 2.87. The molecule has 0 atom stereocenters. The lowest BCUT2D eigenvalue weighted by atomic mass is 9.88. The number of methoxy groups -OCH3 is 1. The second-order valence-corrected chi connectivity index (χ2v) is 6.22. The van der Waals surface area contributed by atoms with Crippen LogP contribution >= 0.6 is 0 Å². The first-order valence-electron chi connectivity index (χ1n) is 8.83. The van der Waals surface area contributed by atoms with Crippen LogP contribution in [0.25, 0.3) is 0 Å². The number of carbonyl (C=O) groups excluding carboxylic acids is 2. The zero-order valence-corrected chi connectivity index (χ0v) is 15.2. The molecule has 4 nitrogen and oxygen atoms in total. The third kappa shape index (κ3) is 4.25. The van der Waals surface area contributed by atoms with E-state index in [1.54, 1.807) is 23.3 Å². The van der Waals surface area contributed by atoms with Crippen molar-refractivity contribution in [3.8, 4) is 0 Å². The van der Waals surface area contributed by atoms with Crippen molar-refractivity contribution in [2.24, 2.45) is 0 Å². The summed E-state index contributed by atoms with van der Waals surface area (Å²) in [4.78, 5) is 25.2. The minimum Gasteiger partial charge on any atom is -0.465 e. The molecule has 0 fully saturated rings. The van der Waals surface area contributed by atoms with Crippen molar-refractivity contribution in [2.75, 3.05) is 13.7 Å². The van der Waals surface area contributed by atoms with Crippen molar-refractivity contribution < 1.29 is 14.3 Å². The predicted octanol–water partition coefficient (Wildman–Crippen LogP) is 3.85. The van der Waals surface area contributed by atoms with Gasteiger partial charge in [0.05, 0.1) is 12.7 Å². The number of benzene rings is 2. The fraction of sp³-hybridized carbons (Fsp3) is 0.174. The molecule has 136 valence electrons. The fourth-order valence-electron chi connectivity index (χ4n) is 3.29. The number of nitrogens with zero attached hydrogens (tertiary/aromatic N) is 1. The zero-order valence-electron chi connectivity index (χ0n) is 15.2. The first-order valence-corrected chi connectivity index (χ1v) is 8.83. The number of hydrogen-bond acceptors (Lipinski definition) is 4. The van der Waals surface area contributed by atoms with Gasteiger partial charge in [0, 0.05) is 18.7 Å². The van der Waals surface area contributed by atoms with E-state index in [0.717, 1.165) is 6.42 Å². The highest BCUT2D eigenvalue weighted by molar-refractivity contribution is 5.96. The maximum absolute atomic E-state index is 11.9. The van der Waals surface area contributed by atoms with Crippen LogP contribution in [0.1, 0.15) is 23.5 Å². The molecule has 0 saturated heterocycles. The van der Waals surface area contributed by atoms with Gasteiger partial charge >= 0.3 is 5.97 Å². The van der Waals surface area contributed by atoms with Gasteiger partial charge < -0.3 is 9.64 Å². The summed E-state index contributed by atoms with van der Waals surface area (Å²) in [6, 6.07) is 20.6. The van der Waals surface area contributed by atoms with E-state index in [0.29, 0.717) is 6.54 Å². The van der Waals surface area contributed by atoms with Crippen molar-refractivity contribution in [1.29, 1.82) is 0 Å². The Labute approximate surface area is 159 Å². The largest absolute Gasteiger partial charge is 0.465 e. The third-order valence-corrected chi connectivity index (χ3v) is 4.64. The van der Waals surface area contributed by atoms with Crippen LogP contribution in [0.3, 0.4) is 0 Å². The van der Waals surface area contributed by atoms with Gasteiger partial charge in [-0.15, -0.1) is 0 Å². The Morgan fingerprint density at radius 3 is 2.15 bits per heavy atom. The van der Waals surface area contributed by atoms with Crippen molar-refractivity contribution >= 4 is 11.9 Å². The highest BCUT2D eigenvalue weighted by Crippen LogP contribution is 2.29. The maximum Gasteiger partial charge on any atom is 0.340 e. The summed E-state index contributed by atoms with van der Waals surface area (Å²) in [7, 11) is 1.30. The van der Waals surface area contributed by atoms with Gasteiger partial charge in [0.15, 0.2) is 5.94 Å². The molecular formula is C23H21NO3. The van der Waals surface area contributed by atoms with E-state index >= 15 is 0 Å². The van der Waals surface area contributed by atoms with Crippen LogP contribution in [0.4, 0.5) is 0 Å². The van der Waals surface area contributed by atoms with Crippen molar-refractivity contribution in [3.63, 3.8) is 0 Å². The van der Waals surface area contributed by atoms with Crippen molar-refractivity contribution in [2.45, 2.75) is 12.3 Å². The highest BCUT2D eigenvalue weighted by Gasteiger charge is 2.24. The molecule has 3 rings (SSSR count). The molecule has 0 amide bonds. The molecule has 0 unspecified atom stereocenters. The van der Waals surface area contributed by atoms with Crippen LogP contribution in [-0.4, -0.2) is 30.5 Å². The summed E-state index contributed by atoms with van der Waals surface area (Å²) in [6.45, 7) is 0.573. The van der Waals surface area contributed by atoms with E-state index in [9.17, 15) is 9.59 Å². The van der Waals surface area contributed by atoms with Crippen LogP contribution in [0, 0.1) is 0 Å². The maximum atomic E-state index is 11.9. The van der Waals surface area contributed by atoms with Crippen LogP contribution in [0.5, 0.6) is 0 Å². The number of hydrogen-bond donors (Lipinski definition) is 0. The van der Waals surface area contributed by atoms with Gasteiger partial charge in [-0.1, -0.05) is 60.7 Å². The van der Waals surface area contributed by atoms with E-state index in [-0.39, 0.29) is 17.2 Å². The molecule has 0 spiro atoms. The van der Waals surface area contributed by atoms with Gasteiger partial charge in [0.1, 0.15) is 5.70 Å². The highest BCUT2D eigenvalue weighted by atomic mass is 16.5. The quantitative estimate of drug-likeness (QED) is 0.581. The summed E-state index contributed by atoms with van der Waals surface area (Å²) >= 11 is 0. The van der Waals surface area contributed by atoms with Crippen LogP contribution < -0.4 is 0 Å². The Morgan fingerprint density at radius 1 is 1.04 bits per heavy atom. The van der Waals surface area contributed by atoms with Crippen molar-refractivity contribution in [1.82, 2.24) is 4.90 Å². The molecule has 2 aromatic rings. The van der Waals surface area contributed by atoms with Gasteiger partial charge in [-0.2, -0.15) is 0 Å². The second kappa shape index (κ2) is 8.84. The van der Waals surface area contributed by atoms with E-state index in [1.807, 2.05) is 42.3 Å². The Kier molecular flexibility index (Phi) is 6.03. The standard InChI is InChI=1S/C23H21NO3/c1-27-23(26)21-13-8-15-24(22(21)17-25)16-14-20(18-9-4-2-5-10-18)19-11-6-3-7-12-19/h2-13,15,20H,14,16H2,1H3. The molecule has 0 N–H and O–H groups in total. The summed E-state index contributed by atoms with van der Waals surface area (Å²) in [6.07, 6.45) is 5.89. The number of ether oxygens (including phenoxy) is 1. The van der Waals surface area contributed by atoms with Crippen LogP contribution in [-0.2, 0) is 14.3 Å². The second-order valence-electron chi connectivity index (χ2n) is 6.22. The minimum atomic E-state index is -0.537. The van der Waals surface area contributed by atoms with E-state index in [2.05, 4.69) is 24.3 Å². The third-order valence-electron chi connectivity index (χ3n) is 4.64. The average molecular weight is 359 g/mol. The number of allylic oxidation sites excluding steroid dienone is 2. The van der Waals surface area contributed by atoms with Crippen molar-refractivity contribution in [3.05, 3.63) is 101 Å². The lowest BCUT2D eigenvalue weighted by Crippen LogP contribution is -2.26. The molecule has 1 heterocycles. The van der Waals surface area contributed by atoms with Gasteiger partial charge in [-0.3, -0.25) is 0 Å². The Bertz CT molecular complexity index is 854. The summed E-state index contributed by atoms with van der Waals surface area (Å²) in [5, 5.41) is 0. The van der Waals surface area contributed by atoms with E-state index < -0.39 is 5.97 Å². The summed E-state index contributed by atoms with van der Waals surface area (Å²) in [5.74, 6) is 1.54. The van der Waals surface area contributed by atoms with Gasteiger partial charge in [-0.25, -0.2) is 9.59 Å². The smallest absolute Gasteiger partial charge is 0.340 e. The molecule has 0 radical (unpaired) electrons. The lowest BCUT2D eigenvalue weighted by molar-refractivity contribution is -0.135. The Hall–Kier alpha value is -3.36. The number of carbonyl (C=O) groups is 1. The molecular weight excluding hydrogens is 338 g/mol. The first-order chi connectivity index (χ1) is 13.2. The number of rotatable bonds is 6. The molecule has 4 heteroatoms. The van der Waals surface area contributed by atoms with Crippen LogP contribution in [0.15, 0.2) is 90.3 Å². The lowest BCUT2D eigenvalue weighted by Gasteiger charge is -2.27. The monoisotopic (exact) mass is 359 g/mol. The molecule has 0 aliphatic carbocycles. The predicted molar refractivity (Wildman–Crippen MR) is 104 cm³/mol. The first kappa shape index (κ1) is 18.4. The van der Waals surface area contributed by atoms with E-state index in [4.69, 9.17) is 4.74 Å². The van der Waals surface area contributed by atoms with Crippen LogP contribution in [0.2, 0.25) is 0 Å². The Morgan fingerprint density at radius 2 is 1.63 bits per heavy atom. The molecule has 1 aliphatic rings. The molecule has 0 saturated carbocycles. The topological polar surface area (TPSA) is 46.6 Å². The number of esters is 1. The van der Waals surface area contributed by atoms with Gasteiger partial charge in [0.2, 0.25) is 0 Å². The SMILES string of the molecule is COC(=O)C1=CC=CN(CCC(c2ccccc2)c2ccccc2)C1=C=O. The normalized spacial score (nSPS) is 13.3. The molecule has 27 heavy (non-hydrogen) atoms. The summed E-state index contributed by atoms with van der Waals surface area (Å²) < 4.78 is 4.77. The van der Waals surface area contributed by atoms with Gasteiger partial charge in [-0.05, 0) is 29.7 Å². The van der Waals surface area contributed by atoms with E-state index in [1.165, 1.54) is 18.2 Å². The fourth-order valence-corrected chi connectivity index (χ4v) is 3.29. The molecule has 2 aromatic carbocycles. The molecule has 0 aromatic heterocycles. The molecule has 1 aliphatic heterocycles. The zero-order chi connectivity index (χ0) is 19.1. The molecule has 0 bridgehead atoms. The minimum absolute atomic E-state index is 0.182. The Balaban J connectivity index is 1.82.